The van der Waals surface area contributed by atoms with Gasteiger partial charge in [0.25, 0.3) is 5.56 Å². The lowest BCUT2D eigenvalue weighted by Crippen LogP contribution is -2.28. The van der Waals surface area contributed by atoms with Crippen molar-refractivity contribution in [3.63, 3.8) is 0 Å². The number of hydrogen-bond acceptors (Lipinski definition) is 5. The summed E-state index contributed by atoms with van der Waals surface area (Å²) in [4.78, 5) is 26.0. The number of aryl methyl sites for hydroxylation is 1. The molecule has 9 nitrogen and oxygen atoms in total. The maximum atomic E-state index is 10.9. The fourth-order valence-electron chi connectivity index (χ4n) is 0.899. The van der Waals surface area contributed by atoms with Crippen LogP contribution < -0.4 is 11.2 Å². The molecule has 0 radical (unpaired) electrons. The van der Waals surface area contributed by atoms with Crippen molar-refractivity contribution in [2.24, 2.45) is 0 Å². The van der Waals surface area contributed by atoms with Gasteiger partial charge < -0.3 is 9.88 Å². The number of rotatable bonds is 2. The zero-order valence-electron chi connectivity index (χ0n) is 10.0. The molecule has 102 valence electrons. The molecule has 1 rings (SSSR count). The van der Waals surface area contributed by atoms with Crippen molar-refractivity contribution in [2.45, 2.75) is 11.8 Å². The third-order valence-corrected chi connectivity index (χ3v) is 2.60. The number of H-pyrrole nitrogens is 2. The maximum Gasteiger partial charge on any atom is 0.325 e. The van der Waals surface area contributed by atoms with E-state index in [1.54, 1.807) is 9.88 Å². The molecule has 0 bridgehead atoms. The van der Waals surface area contributed by atoms with Crippen molar-refractivity contribution in [3.8, 4) is 0 Å². The highest BCUT2D eigenvalue weighted by molar-refractivity contribution is 7.85. The Morgan fingerprint density at radius 3 is 2.00 bits per heavy atom. The smallest absolute Gasteiger partial charge is 0.325 e. The summed E-state index contributed by atoms with van der Waals surface area (Å²) in [5.41, 5.74) is -2.16. The summed E-state index contributed by atoms with van der Waals surface area (Å²) in [6.45, 7) is 1.19. The number of aromatic amines is 2. The van der Waals surface area contributed by atoms with Gasteiger partial charge in [0, 0.05) is 19.8 Å². The van der Waals surface area contributed by atoms with Crippen LogP contribution in [0.1, 0.15) is 5.69 Å². The minimum absolute atomic E-state index is 0.198. The Bertz CT molecular complexity index is 628. The van der Waals surface area contributed by atoms with Gasteiger partial charge in [-0.05, 0) is 6.92 Å². The lowest BCUT2D eigenvalue weighted by Gasteiger charge is -1.98. The van der Waals surface area contributed by atoms with Crippen LogP contribution >= 0.6 is 0 Å². The quantitative estimate of drug-likeness (QED) is 0.302. The first-order valence-corrected chi connectivity index (χ1v) is 6.01. The molecule has 18 heavy (non-hydrogen) atoms. The highest BCUT2D eigenvalue weighted by atomic mass is 32.2. The standard InChI is InChI=1S/C5H6N2O5S.C3H8N2/c1-2-3(13(10,11)12)4(8)7-5(9)6-2;1-5(2)3-4/h1H3,(H,10,11,12)(H2,6,7,8,9);3-4H,1-2H3. The summed E-state index contributed by atoms with van der Waals surface area (Å²) >= 11 is 0. The minimum Gasteiger partial charge on any atom is -0.369 e. The molecule has 10 heteroatoms. The number of nitrogens with zero attached hydrogens (tertiary/aromatic N) is 1. The monoisotopic (exact) mass is 278 g/mol. The fourth-order valence-corrected chi connectivity index (χ4v) is 1.62. The van der Waals surface area contributed by atoms with Crippen LogP contribution in [0.15, 0.2) is 14.5 Å². The van der Waals surface area contributed by atoms with Crippen molar-refractivity contribution in [2.75, 3.05) is 14.1 Å². The Morgan fingerprint density at radius 1 is 1.28 bits per heavy atom. The van der Waals surface area contributed by atoms with Gasteiger partial charge in [-0.15, -0.1) is 0 Å². The van der Waals surface area contributed by atoms with Crippen molar-refractivity contribution in [3.05, 3.63) is 26.5 Å². The first-order chi connectivity index (χ1) is 8.09. The van der Waals surface area contributed by atoms with Crippen LogP contribution in [-0.2, 0) is 10.1 Å². The molecule has 0 spiro atoms. The maximum absolute atomic E-state index is 10.9. The topological polar surface area (TPSA) is 147 Å². The predicted octanol–water partition coefficient (Wildman–Crippen LogP) is -1.23. The van der Waals surface area contributed by atoms with Crippen LogP contribution in [0.4, 0.5) is 0 Å². The second kappa shape index (κ2) is 6.12. The van der Waals surface area contributed by atoms with Crippen LogP contribution in [-0.4, -0.2) is 48.3 Å². The molecule has 0 saturated carbocycles. The summed E-state index contributed by atoms with van der Waals surface area (Å²) in [6.07, 6.45) is 1.25. The Hall–Kier alpha value is -1.94. The Morgan fingerprint density at radius 2 is 1.72 bits per heavy atom. The van der Waals surface area contributed by atoms with Crippen LogP contribution in [0.2, 0.25) is 0 Å². The van der Waals surface area contributed by atoms with E-state index < -0.39 is 26.3 Å². The molecule has 1 heterocycles. The van der Waals surface area contributed by atoms with E-state index in [9.17, 15) is 18.0 Å². The minimum atomic E-state index is -4.59. The molecule has 0 saturated heterocycles. The molecule has 4 N–H and O–H groups in total. The molecule has 0 unspecified atom stereocenters. The average Bonchev–Trinajstić information content (AvgIpc) is 2.14. The van der Waals surface area contributed by atoms with E-state index in [-0.39, 0.29) is 5.69 Å². The van der Waals surface area contributed by atoms with E-state index in [1.807, 2.05) is 19.1 Å². The Kier molecular flexibility index (Phi) is 5.46. The molecule has 0 amide bonds. The molecule has 0 fully saturated rings. The second-order valence-electron chi connectivity index (χ2n) is 3.43. The first kappa shape index (κ1) is 16.1. The van der Waals surface area contributed by atoms with Gasteiger partial charge in [0.15, 0.2) is 4.90 Å². The van der Waals surface area contributed by atoms with Crippen LogP contribution in [0.3, 0.4) is 0 Å². The summed E-state index contributed by atoms with van der Waals surface area (Å²) in [7, 11) is -0.970. The van der Waals surface area contributed by atoms with Crippen LogP contribution in [0, 0.1) is 12.3 Å². The Balaban J connectivity index is 0.000000494. The lowest BCUT2D eigenvalue weighted by atomic mass is 10.4. The van der Waals surface area contributed by atoms with Gasteiger partial charge in [0.1, 0.15) is 0 Å². The van der Waals surface area contributed by atoms with E-state index in [2.05, 4.69) is 0 Å². The third-order valence-electron chi connectivity index (χ3n) is 1.59. The molecule has 0 aliphatic rings. The highest BCUT2D eigenvalue weighted by Gasteiger charge is 2.18. The number of aromatic nitrogens is 2. The van der Waals surface area contributed by atoms with E-state index in [1.165, 1.54) is 13.3 Å². The van der Waals surface area contributed by atoms with Crippen LogP contribution in [0.5, 0.6) is 0 Å². The third kappa shape index (κ3) is 4.93. The molecule has 0 aliphatic heterocycles. The summed E-state index contributed by atoms with van der Waals surface area (Å²) in [6, 6.07) is 0. The van der Waals surface area contributed by atoms with Crippen LogP contribution in [0.25, 0.3) is 0 Å². The largest absolute Gasteiger partial charge is 0.369 e. The van der Waals surface area contributed by atoms with Gasteiger partial charge in [0.2, 0.25) is 0 Å². The molecular weight excluding hydrogens is 264 g/mol. The van der Waals surface area contributed by atoms with E-state index >= 15 is 0 Å². The average molecular weight is 278 g/mol. The zero-order chi connectivity index (χ0) is 14.5. The van der Waals surface area contributed by atoms with Crippen molar-refractivity contribution < 1.29 is 13.0 Å². The van der Waals surface area contributed by atoms with Gasteiger partial charge in [-0.3, -0.25) is 19.7 Å². The van der Waals surface area contributed by atoms with Gasteiger partial charge in [-0.25, -0.2) is 4.79 Å². The molecule has 0 atom stereocenters. The predicted molar refractivity (Wildman–Crippen MR) is 64.7 cm³/mol. The van der Waals surface area contributed by atoms with Gasteiger partial charge in [-0.2, -0.15) is 8.42 Å². The summed E-state index contributed by atoms with van der Waals surface area (Å²) in [5, 5.41) is 6.46. The normalized spacial score (nSPS) is 10.2. The SMILES string of the molecule is CN(C)C=N.Cc1[nH]c(=O)[nH]c(=O)c1S(=O)(=O)O. The van der Waals surface area contributed by atoms with Crippen molar-refractivity contribution in [1.82, 2.24) is 14.9 Å². The van der Waals surface area contributed by atoms with Gasteiger partial charge in [0.05, 0.1) is 6.34 Å². The first-order valence-electron chi connectivity index (χ1n) is 4.57. The second-order valence-corrected chi connectivity index (χ2v) is 4.79. The van der Waals surface area contributed by atoms with Crippen molar-refractivity contribution in [1.29, 1.82) is 5.41 Å². The van der Waals surface area contributed by atoms with E-state index in [0.29, 0.717) is 0 Å². The number of nitrogens with one attached hydrogen (secondary N) is 3. The number of hydrogen-bond donors (Lipinski definition) is 4. The summed E-state index contributed by atoms with van der Waals surface area (Å²) in [5.74, 6) is 0. The van der Waals surface area contributed by atoms with Gasteiger partial charge >= 0.3 is 15.8 Å². The molecule has 1 aromatic heterocycles. The molecule has 1 aromatic rings. The Labute approximate surface area is 103 Å². The molecule has 0 aromatic carbocycles. The van der Waals surface area contributed by atoms with E-state index in [0.717, 1.165) is 0 Å². The highest BCUT2D eigenvalue weighted by Crippen LogP contribution is 2.02. The lowest BCUT2D eigenvalue weighted by molar-refractivity contribution is 0.480. The zero-order valence-corrected chi connectivity index (χ0v) is 10.8. The van der Waals surface area contributed by atoms with Gasteiger partial charge in [-0.1, -0.05) is 0 Å². The fraction of sp³-hybridized carbons (Fsp3) is 0.375. The van der Waals surface area contributed by atoms with E-state index in [4.69, 9.17) is 9.96 Å². The molecular formula is C8H14N4O5S. The molecule has 0 aliphatic carbocycles. The van der Waals surface area contributed by atoms with Crippen molar-refractivity contribution >= 4 is 16.5 Å². The summed E-state index contributed by atoms with van der Waals surface area (Å²) < 4.78 is 29.8.